The zero-order valence-corrected chi connectivity index (χ0v) is 10.4. The lowest BCUT2D eigenvalue weighted by molar-refractivity contribution is 0.0639. The summed E-state index contributed by atoms with van der Waals surface area (Å²) in [6.07, 6.45) is 5.37. The SMILES string of the molecule is Oc1c2c(c(O)n1OCc1ccccc1)CCC=C2. The van der Waals surface area contributed by atoms with E-state index in [0.29, 0.717) is 18.6 Å². The van der Waals surface area contributed by atoms with Gasteiger partial charge in [-0.05, 0) is 18.4 Å². The molecule has 1 aliphatic rings. The van der Waals surface area contributed by atoms with Gasteiger partial charge in [-0.3, -0.25) is 0 Å². The predicted molar refractivity (Wildman–Crippen MR) is 71.8 cm³/mol. The first-order valence-electron chi connectivity index (χ1n) is 6.26. The summed E-state index contributed by atoms with van der Waals surface area (Å²) in [5, 5.41) is 20.1. The van der Waals surface area contributed by atoms with E-state index >= 15 is 0 Å². The predicted octanol–water partition coefficient (Wildman–Crippen LogP) is 2.49. The van der Waals surface area contributed by atoms with Gasteiger partial charge >= 0.3 is 0 Å². The summed E-state index contributed by atoms with van der Waals surface area (Å²) in [6, 6.07) is 9.62. The van der Waals surface area contributed by atoms with Gasteiger partial charge in [0.05, 0.1) is 0 Å². The molecule has 0 saturated carbocycles. The standard InChI is InChI=1S/C15H15NO3/c17-14-12-8-4-5-9-13(12)15(18)16(14)19-10-11-6-2-1-3-7-11/h1-4,6-8,17-18H,5,9-10H2. The normalized spacial score (nSPS) is 13.3. The highest BCUT2D eigenvalue weighted by atomic mass is 16.7. The Morgan fingerprint density at radius 1 is 1.11 bits per heavy atom. The molecule has 0 atom stereocenters. The molecule has 2 aromatic rings. The Morgan fingerprint density at radius 3 is 2.63 bits per heavy atom. The molecule has 1 aromatic heterocycles. The van der Waals surface area contributed by atoms with Crippen LogP contribution < -0.4 is 4.84 Å². The molecule has 1 aromatic carbocycles. The molecule has 0 radical (unpaired) electrons. The van der Waals surface area contributed by atoms with E-state index in [1.807, 2.05) is 42.5 Å². The van der Waals surface area contributed by atoms with Crippen LogP contribution in [0.1, 0.15) is 23.1 Å². The minimum atomic E-state index is -0.0422. The van der Waals surface area contributed by atoms with Crippen molar-refractivity contribution in [2.45, 2.75) is 19.4 Å². The van der Waals surface area contributed by atoms with E-state index in [1.165, 1.54) is 0 Å². The monoisotopic (exact) mass is 257 g/mol. The van der Waals surface area contributed by atoms with Crippen LogP contribution in [0.3, 0.4) is 0 Å². The van der Waals surface area contributed by atoms with E-state index in [2.05, 4.69) is 0 Å². The van der Waals surface area contributed by atoms with Crippen LogP contribution in [-0.4, -0.2) is 14.9 Å². The topological polar surface area (TPSA) is 54.6 Å². The zero-order chi connectivity index (χ0) is 13.2. The van der Waals surface area contributed by atoms with Gasteiger partial charge in [-0.1, -0.05) is 42.5 Å². The second-order valence-corrected chi connectivity index (χ2v) is 4.53. The lowest BCUT2D eigenvalue weighted by Gasteiger charge is -2.09. The molecule has 0 bridgehead atoms. The fourth-order valence-electron chi connectivity index (χ4n) is 2.27. The highest BCUT2D eigenvalue weighted by molar-refractivity contribution is 5.65. The molecule has 0 saturated heterocycles. The summed E-state index contributed by atoms with van der Waals surface area (Å²) < 4.78 is 1.10. The molecule has 0 unspecified atom stereocenters. The van der Waals surface area contributed by atoms with Crippen molar-refractivity contribution >= 4 is 6.08 Å². The number of nitrogens with zero attached hydrogens (tertiary/aromatic N) is 1. The number of allylic oxidation sites excluding steroid dienone is 1. The van der Waals surface area contributed by atoms with Crippen LogP contribution >= 0.6 is 0 Å². The van der Waals surface area contributed by atoms with Crippen LogP contribution in [0, 0.1) is 0 Å². The third kappa shape index (κ3) is 2.05. The van der Waals surface area contributed by atoms with Gasteiger partial charge in [-0.25, -0.2) is 0 Å². The quantitative estimate of drug-likeness (QED) is 0.888. The first-order valence-corrected chi connectivity index (χ1v) is 6.26. The number of fused-ring (bicyclic) bond motifs is 1. The average Bonchev–Trinajstić information content (AvgIpc) is 2.71. The molecule has 98 valence electrons. The van der Waals surface area contributed by atoms with Crippen LogP contribution in [0.15, 0.2) is 36.4 Å². The Bertz CT molecular complexity index is 614. The van der Waals surface area contributed by atoms with Gasteiger partial charge < -0.3 is 15.1 Å². The van der Waals surface area contributed by atoms with Gasteiger partial charge in [0.2, 0.25) is 11.8 Å². The summed E-state index contributed by atoms with van der Waals surface area (Å²) in [6.45, 7) is 0.291. The van der Waals surface area contributed by atoms with E-state index < -0.39 is 0 Å². The second-order valence-electron chi connectivity index (χ2n) is 4.53. The number of rotatable bonds is 3. The van der Waals surface area contributed by atoms with Crippen LogP contribution in [-0.2, 0) is 13.0 Å². The molecule has 0 spiro atoms. The van der Waals surface area contributed by atoms with Crippen molar-refractivity contribution in [3.8, 4) is 11.8 Å². The summed E-state index contributed by atoms with van der Waals surface area (Å²) in [5.41, 5.74) is 2.37. The zero-order valence-electron chi connectivity index (χ0n) is 10.4. The maximum absolute atomic E-state index is 10.1. The summed E-state index contributed by atoms with van der Waals surface area (Å²) in [4.78, 5) is 5.49. The van der Waals surface area contributed by atoms with Crippen molar-refractivity contribution in [2.75, 3.05) is 0 Å². The molecule has 0 amide bonds. The Balaban J connectivity index is 1.86. The number of aromatic nitrogens is 1. The molecule has 3 rings (SSSR count). The molecule has 19 heavy (non-hydrogen) atoms. The molecular weight excluding hydrogens is 242 g/mol. The molecule has 2 N–H and O–H groups in total. The van der Waals surface area contributed by atoms with Crippen molar-refractivity contribution in [1.82, 2.24) is 4.73 Å². The highest BCUT2D eigenvalue weighted by Crippen LogP contribution is 2.37. The maximum Gasteiger partial charge on any atom is 0.236 e. The smallest absolute Gasteiger partial charge is 0.236 e. The first kappa shape index (κ1) is 11.7. The van der Waals surface area contributed by atoms with Crippen LogP contribution in [0.4, 0.5) is 0 Å². The van der Waals surface area contributed by atoms with Crippen molar-refractivity contribution in [3.63, 3.8) is 0 Å². The number of hydrogen-bond donors (Lipinski definition) is 2. The van der Waals surface area contributed by atoms with Gasteiger partial charge in [0, 0.05) is 11.1 Å². The number of aromatic hydroxyl groups is 2. The molecule has 0 aliphatic heterocycles. The number of benzene rings is 1. The lowest BCUT2D eigenvalue weighted by atomic mass is 10.0. The van der Waals surface area contributed by atoms with E-state index in [0.717, 1.165) is 22.3 Å². The third-order valence-corrected chi connectivity index (χ3v) is 3.27. The van der Waals surface area contributed by atoms with Gasteiger partial charge in [-0.15, -0.1) is 4.73 Å². The first-order chi connectivity index (χ1) is 9.27. The highest BCUT2D eigenvalue weighted by Gasteiger charge is 2.23. The van der Waals surface area contributed by atoms with E-state index in [-0.39, 0.29) is 11.8 Å². The molecular formula is C15H15NO3. The minimum absolute atomic E-state index is 0.00668. The van der Waals surface area contributed by atoms with E-state index in [9.17, 15) is 10.2 Å². The Hall–Kier alpha value is -2.36. The van der Waals surface area contributed by atoms with Crippen LogP contribution in [0.5, 0.6) is 11.8 Å². The van der Waals surface area contributed by atoms with Gasteiger partial charge in [-0.2, -0.15) is 0 Å². The Kier molecular flexibility index (Phi) is 2.91. The van der Waals surface area contributed by atoms with Crippen LogP contribution in [0.2, 0.25) is 0 Å². The van der Waals surface area contributed by atoms with Crippen molar-refractivity contribution < 1.29 is 15.1 Å². The fraction of sp³-hybridized carbons (Fsp3) is 0.200. The molecule has 4 heteroatoms. The third-order valence-electron chi connectivity index (χ3n) is 3.27. The van der Waals surface area contributed by atoms with Crippen LogP contribution in [0.25, 0.3) is 6.08 Å². The molecule has 1 heterocycles. The van der Waals surface area contributed by atoms with E-state index in [1.54, 1.807) is 0 Å². The fourth-order valence-corrected chi connectivity index (χ4v) is 2.27. The van der Waals surface area contributed by atoms with Gasteiger partial charge in [0.1, 0.15) is 6.61 Å². The summed E-state index contributed by atoms with van der Waals surface area (Å²) >= 11 is 0. The largest absolute Gasteiger partial charge is 0.492 e. The second kappa shape index (κ2) is 4.72. The van der Waals surface area contributed by atoms with Crippen molar-refractivity contribution in [1.29, 1.82) is 0 Å². The van der Waals surface area contributed by atoms with Crippen molar-refractivity contribution in [2.24, 2.45) is 0 Å². The molecule has 0 fully saturated rings. The van der Waals surface area contributed by atoms with Gasteiger partial charge in [0.25, 0.3) is 0 Å². The molecule has 4 nitrogen and oxygen atoms in total. The Morgan fingerprint density at radius 2 is 1.89 bits per heavy atom. The maximum atomic E-state index is 10.1. The van der Waals surface area contributed by atoms with Crippen molar-refractivity contribution in [3.05, 3.63) is 53.1 Å². The van der Waals surface area contributed by atoms with E-state index in [4.69, 9.17) is 4.84 Å². The minimum Gasteiger partial charge on any atom is -0.492 e. The molecule has 1 aliphatic carbocycles. The Labute approximate surface area is 111 Å². The summed E-state index contributed by atoms with van der Waals surface area (Å²) in [5.74, 6) is -0.0489. The number of hydrogen-bond acceptors (Lipinski definition) is 3. The summed E-state index contributed by atoms with van der Waals surface area (Å²) in [7, 11) is 0. The lowest BCUT2D eigenvalue weighted by Crippen LogP contribution is -2.10. The average molecular weight is 257 g/mol. The van der Waals surface area contributed by atoms with Gasteiger partial charge in [0.15, 0.2) is 0 Å².